The zero-order valence-corrected chi connectivity index (χ0v) is 13.2. The molecule has 1 rings (SSSR count). The largest absolute Gasteiger partial charge is 0.371 e. The summed E-state index contributed by atoms with van der Waals surface area (Å²) in [6, 6.07) is 3.20. The van der Waals surface area contributed by atoms with Gasteiger partial charge in [0.05, 0.1) is 4.92 Å². The van der Waals surface area contributed by atoms with E-state index in [-0.39, 0.29) is 16.1 Å². The van der Waals surface area contributed by atoms with Crippen molar-refractivity contribution < 1.29 is 4.92 Å². The van der Waals surface area contributed by atoms with Crippen molar-refractivity contribution in [2.75, 3.05) is 24.5 Å². The Balaban J connectivity index is 3.17. The molecular weight excluding hydrogens is 278 g/mol. The van der Waals surface area contributed by atoms with Gasteiger partial charge in [-0.2, -0.15) is 0 Å². The van der Waals surface area contributed by atoms with Gasteiger partial charge in [0.1, 0.15) is 5.02 Å². The van der Waals surface area contributed by atoms with E-state index in [2.05, 4.69) is 18.7 Å². The van der Waals surface area contributed by atoms with Crippen LogP contribution in [0, 0.1) is 22.5 Å². The summed E-state index contributed by atoms with van der Waals surface area (Å²) < 4.78 is 0. The number of benzene rings is 1. The Morgan fingerprint density at radius 1 is 1.45 bits per heavy atom. The molecule has 20 heavy (non-hydrogen) atoms. The molecule has 5 nitrogen and oxygen atoms in total. The molecule has 0 unspecified atom stereocenters. The van der Waals surface area contributed by atoms with Gasteiger partial charge in [-0.05, 0) is 37.4 Å². The number of nitrogens with zero attached hydrogens (tertiary/aromatic N) is 2. The lowest BCUT2D eigenvalue weighted by atomic mass is 9.92. The quantitative estimate of drug-likeness (QED) is 0.645. The van der Waals surface area contributed by atoms with Gasteiger partial charge in [0.25, 0.3) is 5.69 Å². The number of nitrogens with two attached hydrogens (primary N) is 1. The Morgan fingerprint density at radius 3 is 2.50 bits per heavy atom. The standard InChI is InChI=1S/C14H22ClN3O2/c1-5-17(9-14(3,4)8-16)12-7-11(15)13(18(19)20)6-10(12)2/h6-7H,5,8-9,16H2,1-4H3. The second kappa shape index (κ2) is 6.41. The first-order chi connectivity index (χ1) is 9.21. The molecule has 2 N–H and O–H groups in total. The summed E-state index contributed by atoms with van der Waals surface area (Å²) in [4.78, 5) is 12.6. The highest BCUT2D eigenvalue weighted by Gasteiger charge is 2.23. The van der Waals surface area contributed by atoms with Crippen LogP contribution in [0.1, 0.15) is 26.3 Å². The van der Waals surface area contributed by atoms with E-state index in [1.54, 1.807) is 6.07 Å². The molecule has 0 saturated carbocycles. The zero-order chi connectivity index (χ0) is 15.5. The van der Waals surface area contributed by atoms with Crippen LogP contribution in [0.25, 0.3) is 0 Å². The van der Waals surface area contributed by atoms with Crippen molar-refractivity contribution in [1.29, 1.82) is 0 Å². The van der Waals surface area contributed by atoms with Crippen molar-refractivity contribution in [2.45, 2.75) is 27.7 Å². The lowest BCUT2D eigenvalue weighted by Crippen LogP contribution is -2.39. The first-order valence-electron chi connectivity index (χ1n) is 6.61. The van der Waals surface area contributed by atoms with E-state index in [0.717, 1.165) is 24.3 Å². The third kappa shape index (κ3) is 3.84. The number of rotatable bonds is 6. The van der Waals surface area contributed by atoms with Crippen molar-refractivity contribution in [3.8, 4) is 0 Å². The Morgan fingerprint density at radius 2 is 2.05 bits per heavy atom. The van der Waals surface area contributed by atoms with Gasteiger partial charge >= 0.3 is 0 Å². The summed E-state index contributed by atoms with van der Waals surface area (Å²) in [5, 5.41) is 11.1. The molecule has 112 valence electrons. The van der Waals surface area contributed by atoms with Gasteiger partial charge in [-0.25, -0.2) is 0 Å². The molecule has 0 spiro atoms. The molecule has 0 amide bonds. The predicted molar refractivity (Wildman–Crippen MR) is 83.6 cm³/mol. The second-order valence-corrected chi connectivity index (χ2v) is 6.14. The molecule has 0 aromatic heterocycles. The first kappa shape index (κ1) is 16.7. The van der Waals surface area contributed by atoms with E-state index in [4.69, 9.17) is 17.3 Å². The fourth-order valence-electron chi connectivity index (χ4n) is 2.08. The van der Waals surface area contributed by atoms with Gasteiger partial charge in [-0.15, -0.1) is 0 Å². The first-order valence-corrected chi connectivity index (χ1v) is 6.99. The molecule has 6 heteroatoms. The molecule has 0 atom stereocenters. The van der Waals surface area contributed by atoms with Gasteiger partial charge < -0.3 is 10.6 Å². The summed E-state index contributed by atoms with van der Waals surface area (Å²) >= 11 is 6.01. The van der Waals surface area contributed by atoms with Crippen LogP contribution in [0.5, 0.6) is 0 Å². The smallest absolute Gasteiger partial charge is 0.288 e. The third-order valence-electron chi connectivity index (χ3n) is 3.36. The average molecular weight is 300 g/mol. The number of hydrogen-bond acceptors (Lipinski definition) is 4. The number of halogens is 1. The van der Waals surface area contributed by atoms with Crippen LogP contribution < -0.4 is 10.6 Å². The zero-order valence-electron chi connectivity index (χ0n) is 12.4. The Kier molecular flexibility index (Phi) is 5.36. The van der Waals surface area contributed by atoms with Crippen LogP contribution in [0.3, 0.4) is 0 Å². The van der Waals surface area contributed by atoms with E-state index in [1.165, 1.54) is 6.07 Å². The van der Waals surface area contributed by atoms with Crippen LogP contribution in [0.2, 0.25) is 5.02 Å². The Bertz CT molecular complexity index is 503. The minimum absolute atomic E-state index is 0.0311. The molecule has 0 aliphatic heterocycles. The molecule has 0 aliphatic rings. The maximum absolute atomic E-state index is 10.9. The summed E-state index contributed by atoms with van der Waals surface area (Å²) in [5.74, 6) is 0. The van der Waals surface area contributed by atoms with E-state index in [9.17, 15) is 10.1 Å². The summed E-state index contributed by atoms with van der Waals surface area (Å²) in [5.41, 5.74) is 7.46. The van der Waals surface area contributed by atoms with Crippen LogP contribution in [-0.4, -0.2) is 24.6 Å². The average Bonchev–Trinajstić information content (AvgIpc) is 2.38. The monoisotopic (exact) mass is 299 g/mol. The van der Waals surface area contributed by atoms with Crippen molar-refractivity contribution in [3.05, 3.63) is 32.8 Å². The number of aryl methyl sites for hydroxylation is 1. The number of nitro groups is 1. The molecule has 1 aromatic rings. The van der Waals surface area contributed by atoms with E-state index in [1.807, 2.05) is 13.8 Å². The van der Waals surface area contributed by atoms with Crippen molar-refractivity contribution >= 4 is 23.0 Å². The second-order valence-electron chi connectivity index (χ2n) is 5.73. The van der Waals surface area contributed by atoms with Gasteiger partial charge in [0.2, 0.25) is 0 Å². The van der Waals surface area contributed by atoms with Gasteiger partial charge in [-0.1, -0.05) is 25.4 Å². The molecule has 0 bridgehead atoms. The van der Waals surface area contributed by atoms with Crippen LogP contribution in [0.4, 0.5) is 11.4 Å². The van der Waals surface area contributed by atoms with Crippen molar-refractivity contribution in [3.63, 3.8) is 0 Å². The lowest BCUT2D eigenvalue weighted by molar-refractivity contribution is -0.384. The maximum Gasteiger partial charge on any atom is 0.288 e. The minimum Gasteiger partial charge on any atom is -0.371 e. The fraction of sp³-hybridized carbons (Fsp3) is 0.571. The van der Waals surface area contributed by atoms with E-state index >= 15 is 0 Å². The normalized spacial score (nSPS) is 11.5. The maximum atomic E-state index is 10.9. The molecule has 0 radical (unpaired) electrons. The minimum atomic E-state index is -0.459. The highest BCUT2D eigenvalue weighted by molar-refractivity contribution is 6.33. The van der Waals surface area contributed by atoms with Gasteiger partial charge in [0, 0.05) is 24.8 Å². The topological polar surface area (TPSA) is 72.4 Å². The Labute approximate surface area is 124 Å². The molecule has 0 aliphatic carbocycles. The SMILES string of the molecule is CCN(CC(C)(C)CN)c1cc(Cl)c([N+](=O)[O-])cc1C. The fourth-order valence-corrected chi connectivity index (χ4v) is 2.31. The van der Waals surface area contributed by atoms with Gasteiger partial charge in [0.15, 0.2) is 0 Å². The van der Waals surface area contributed by atoms with Crippen LogP contribution >= 0.6 is 11.6 Å². The van der Waals surface area contributed by atoms with Crippen molar-refractivity contribution in [1.82, 2.24) is 0 Å². The van der Waals surface area contributed by atoms with E-state index < -0.39 is 4.92 Å². The number of anilines is 1. The van der Waals surface area contributed by atoms with Crippen molar-refractivity contribution in [2.24, 2.45) is 11.1 Å². The summed E-state index contributed by atoms with van der Waals surface area (Å²) in [6.45, 7) is 10.2. The summed E-state index contributed by atoms with van der Waals surface area (Å²) in [7, 11) is 0. The Hall–Kier alpha value is -1.33. The predicted octanol–water partition coefficient (Wildman–Crippen LogP) is 3.37. The number of hydrogen-bond donors (Lipinski definition) is 1. The summed E-state index contributed by atoms with van der Waals surface area (Å²) in [6.07, 6.45) is 0. The number of nitro benzene ring substituents is 1. The lowest BCUT2D eigenvalue weighted by Gasteiger charge is -2.33. The van der Waals surface area contributed by atoms with E-state index in [0.29, 0.717) is 6.54 Å². The van der Waals surface area contributed by atoms with Gasteiger partial charge in [-0.3, -0.25) is 10.1 Å². The molecule has 0 saturated heterocycles. The highest BCUT2D eigenvalue weighted by atomic mass is 35.5. The molecule has 0 fully saturated rings. The third-order valence-corrected chi connectivity index (χ3v) is 3.66. The highest BCUT2D eigenvalue weighted by Crippen LogP contribution is 2.33. The van der Waals surface area contributed by atoms with Crippen LogP contribution in [0.15, 0.2) is 12.1 Å². The molecule has 1 aromatic carbocycles. The van der Waals surface area contributed by atoms with Crippen LogP contribution in [-0.2, 0) is 0 Å². The molecule has 0 heterocycles. The molecular formula is C14H22ClN3O2.